The number of benzene rings is 1. The van der Waals surface area contributed by atoms with Crippen LogP contribution in [-0.2, 0) is 11.3 Å². The Bertz CT molecular complexity index is 374. The van der Waals surface area contributed by atoms with Crippen molar-refractivity contribution < 1.29 is 14.6 Å². The number of hydrogen-bond acceptors (Lipinski definition) is 2. The Morgan fingerprint density at radius 3 is 2.65 bits per heavy atom. The molecule has 92 valence electrons. The van der Waals surface area contributed by atoms with E-state index in [1.54, 1.807) is 0 Å². The van der Waals surface area contributed by atoms with Gasteiger partial charge in [0.15, 0.2) is 0 Å². The molecule has 1 aromatic carbocycles. The Kier molecular flexibility index (Phi) is 3.64. The fourth-order valence-corrected chi connectivity index (χ4v) is 1.85. The fraction of sp³-hybridized carbons (Fsp3) is 0.462. The number of carboxylic acid groups (broad SMARTS) is 1. The third-order valence-electron chi connectivity index (χ3n) is 3.06. The second kappa shape index (κ2) is 5.19. The first-order valence-corrected chi connectivity index (χ1v) is 5.83. The van der Waals surface area contributed by atoms with Gasteiger partial charge in [0.1, 0.15) is 0 Å². The third kappa shape index (κ3) is 3.75. The summed E-state index contributed by atoms with van der Waals surface area (Å²) in [5, 5.41) is 11.2. The van der Waals surface area contributed by atoms with E-state index in [1.165, 1.54) is 0 Å². The quantitative estimate of drug-likeness (QED) is 0.744. The molecule has 2 rings (SSSR count). The molecule has 0 unspecified atom stereocenters. The van der Waals surface area contributed by atoms with E-state index in [0.717, 1.165) is 24.8 Å². The summed E-state index contributed by atoms with van der Waals surface area (Å²) >= 11 is 0. The van der Waals surface area contributed by atoms with E-state index in [0.29, 0.717) is 13.2 Å². The predicted octanol–water partition coefficient (Wildman–Crippen LogP) is 2.39. The fourth-order valence-electron chi connectivity index (χ4n) is 1.85. The van der Waals surface area contributed by atoms with Gasteiger partial charge in [-0.25, -0.2) is 4.79 Å². The van der Waals surface area contributed by atoms with Crippen LogP contribution in [0.3, 0.4) is 0 Å². The Morgan fingerprint density at radius 2 is 2.06 bits per heavy atom. The maximum Gasteiger partial charge on any atom is 0.405 e. The zero-order valence-corrected chi connectivity index (χ0v) is 9.69. The van der Waals surface area contributed by atoms with E-state index in [4.69, 9.17) is 9.84 Å². The lowest BCUT2D eigenvalue weighted by Crippen LogP contribution is -2.36. The van der Waals surface area contributed by atoms with E-state index in [9.17, 15) is 4.79 Å². The molecule has 2 N–H and O–H groups in total. The van der Waals surface area contributed by atoms with Crippen LogP contribution in [-0.4, -0.2) is 23.3 Å². The molecule has 1 amide bonds. The number of carbonyl (C=O) groups is 1. The minimum atomic E-state index is -0.939. The smallest absolute Gasteiger partial charge is 0.405 e. The molecule has 0 spiro atoms. The number of ether oxygens (including phenoxy) is 1. The van der Waals surface area contributed by atoms with Crippen LogP contribution in [0.4, 0.5) is 4.79 Å². The van der Waals surface area contributed by atoms with E-state index >= 15 is 0 Å². The van der Waals surface area contributed by atoms with Gasteiger partial charge in [0, 0.05) is 12.1 Å². The highest BCUT2D eigenvalue weighted by atomic mass is 16.5. The summed E-state index contributed by atoms with van der Waals surface area (Å²) in [6.45, 7) is 1.18. The molecule has 1 fully saturated rings. The van der Waals surface area contributed by atoms with Gasteiger partial charge in [-0.15, -0.1) is 0 Å². The molecule has 0 radical (unpaired) electrons. The molecule has 1 aliphatic carbocycles. The molecule has 0 bridgehead atoms. The van der Waals surface area contributed by atoms with Crippen molar-refractivity contribution in [1.29, 1.82) is 0 Å². The summed E-state index contributed by atoms with van der Waals surface area (Å²) in [6, 6.07) is 9.96. The lowest BCUT2D eigenvalue weighted by Gasteiger charge is -2.14. The summed E-state index contributed by atoms with van der Waals surface area (Å²) in [5.41, 5.74) is 0.936. The van der Waals surface area contributed by atoms with Crippen molar-refractivity contribution in [3.8, 4) is 0 Å². The normalized spacial score (nSPS) is 16.5. The Labute approximate surface area is 101 Å². The lowest BCUT2D eigenvalue weighted by atomic mass is 10.2. The molecule has 0 atom stereocenters. The van der Waals surface area contributed by atoms with E-state index in [2.05, 4.69) is 5.32 Å². The Hall–Kier alpha value is -1.55. The maximum absolute atomic E-state index is 10.6. The molecule has 1 saturated carbocycles. The largest absolute Gasteiger partial charge is 0.465 e. The number of hydrogen-bond donors (Lipinski definition) is 2. The molecular formula is C13H17NO3. The summed E-state index contributed by atoms with van der Waals surface area (Å²) in [6.07, 6.45) is 1.67. The highest BCUT2D eigenvalue weighted by molar-refractivity contribution is 5.66. The van der Waals surface area contributed by atoms with Crippen molar-refractivity contribution in [2.45, 2.75) is 31.4 Å². The van der Waals surface area contributed by atoms with Crippen LogP contribution in [0.25, 0.3) is 0 Å². The third-order valence-corrected chi connectivity index (χ3v) is 3.06. The lowest BCUT2D eigenvalue weighted by molar-refractivity contribution is 0.108. The summed E-state index contributed by atoms with van der Waals surface area (Å²) in [5.74, 6) is 0. The van der Waals surface area contributed by atoms with Crippen LogP contribution in [0.1, 0.15) is 24.8 Å². The molecule has 0 aromatic heterocycles. The number of nitrogens with one attached hydrogen (secondary N) is 1. The highest BCUT2D eigenvalue weighted by Crippen LogP contribution is 2.38. The second-order valence-corrected chi connectivity index (χ2v) is 4.50. The van der Waals surface area contributed by atoms with Gasteiger partial charge >= 0.3 is 6.09 Å². The van der Waals surface area contributed by atoms with Gasteiger partial charge in [0.05, 0.1) is 6.61 Å². The SMILES string of the molecule is O=C(O)NC1(CCOCc2ccccc2)CC1. The molecule has 1 aliphatic rings. The van der Waals surface area contributed by atoms with Crippen molar-refractivity contribution in [2.24, 2.45) is 0 Å². The molecule has 0 heterocycles. The van der Waals surface area contributed by atoms with E-state index in [-0.39, 0.29) is 5.54 Å². The average molecular weight is 235 g/mol. The van der Waals surface area contributed by atoms with Crippen molar-refractivity contribution in [2.75, 3.05) is 6.61 Å². The van der Waals surface area contributed by atoms with Gasteiger partial charge in [-0.1, -0.05) is 30.3 Å². The molecule has 1 aromatic rings. The van der Waals surface area contributed by atoms with Crippen LogP contribution in [0, 0.1) is 0 Å². The Morgan fingerprint density at radius 1 is 1.35 bits per heavy atom. The van der Waals surface area contributed by atoms with Gasteiger partial charge in [-0.2, -0.15) is 0 Å². The molecule has 0 aliphatic heterocycles. The monoisotopic (exact) mass is 235 g/mol. The predicted molar refractivity (Wildman–Crippen MR) is 63.8 cm³/mol. The molecule has 0 saturated heterocycles. The second-order valence-electron chi connectivity index (χ2n) is 4.50. The first-order chi connectivity index (χ1) is 8.20. The molecule has 4 nitrogen and oxygen atoms in total. The maximum atomic E-state index is 10.6. The molecule has 17 heavy (non-hydrogen) atoms. The highest BCUT2D eigenvalue weighted by Gasteiger charge is 2.43. The minimum Gasteiger partial charge on any atom is -0.465 e. The first-order valence-electron chi connectivity index (χ1n) is 5.83. The van der Waals surface area contributed by atoms with E-state index in [1.807, 2.05) is 30.3 Å². The summed E-state index contributed by atoms with van der Waals surface area (Å²) in [7, 11) is 0. The van der Waals surface area contributed by atoms with Crippen molar-refractivity contribution in [3.05, 3.63) is 35.9 Å². The minimum absolute atomic E-state index is 0.206. The number of rotatable bonds is 6. The summed E-state index contributed by atoms with van der Waals surface area (Å²) < 4.78 is 5.54. The number of amides is 1. The summed E-state index contributed by atoms with van der Waals surface area (Å²) in [4.78, 5) is 10.6. The first kappa shape index (κ1) is 11.9. The van der Waals surface area contributed by atoms with Crippen molar-refractivity contribution >= 4 is 6.09 Å². The van der Waals surface area contributed by atoms with Crippen LogP contribution >= 0.6 is 0 Å². The van der Waals surface area contributed by atoms with Crippen molar-refractivity contribution in [1.82, 2.24) is 5.32 Å². The van der Waals surface area contributed by atoms with E-state index < -0.39 is 6.09 Å². The van der Waals surface area contributed by atoms with Crippen molar-refractivity contribution in [3.63, 3.8) is 0 Å². The van der Waals surface area contributed by atoms with Crippen LogP contribution in [0.5, 0.6) is 0 Å². The van der Waals surface area contributed by atoms with Gasteiger partial charge in [-0.05, 0) is 24.8 Å². The Balaban J connectivity index is 1.65. The standard InChI is InChI=1S/C13H17NO3/c15-12(16)14-13(6-7-13)8-9-17-10-11-4-2-1-3-5-11/h1-5,14H,6-10H2,(H,15,16). The zero-order chi connectivity index (χ0) is 12.1. The van der Waals surface area contributed by atoms with Crippen LogP contribution in [0.2, 0.25) is 0 Å². The van der Waals surface area contributed by atoms with Gasteiger partial charge < -0.3 is 15.2 Å². The van der Waals surface area contributed by atoms with Gasteiger partial charge in [0.25, 0.3) is 0 Å². The molecule has 4 heteroatoms. The topological polar surface area (TPSA) is 58.6 Å². The molecular weight excluding hydrogens is 218 g/mol. The van der Waals surface area contributed by atoms with Crippen LogP contribution in [0.15, 0.2) is 30.3 Å². The zero-order valence-electron chi connectivity index (χ0n) is 9.69. The average Bonchev–Trinajstić information content (AvgIpc) is 3.05. The van der Waals surface area contributed by atoms with Gasteiger partial charge in [-0.3, -0.25) is 0 Å². The van der Waals surface area contributed by atoms with Gasteiger partial charge in [0.2, 0.25) is 0 Å². The van der Waals surface area contributed by atoms with Crippen LogP contribution < -0.4 is 5.32 Å².